The van der Waals surface area contributed by atoms with Gasteiger partial charge in [0.05, 0.1) is 16.5 Å². The summed E-state index contributed by atoms with van der Waals surface area (Å²) in [5.41, 5.74) is 1.04. The van der Waals surface area contributed by atoms with E-state index in [4.69, 9.17) is 5.26 Å². The number of benzene rings is 2. The van der Waals surface area contributed by atoms with E-state index >= 15 is 0 Å². The number of nitriles is 1. The minimum Gasteiger partial charge on any atom is -0.343 e. The first kappa shape index (κ1) is 21.4. The fourth-order valence-corrected chi connectivity index (χ4v) is 3.43. The molecule has 0 aliphatic heterocycles. The maximum Gasteiger partial charge on any atom is 0.405 e. The third-order valence-corrected chi connectivity index (χ3v) is 5.58. The zero-order valence-corrected chi connectivity index (χ0v) is 15.5. The molecule has 0 bridgehead atoms. The molecule has 0 atom stereocenters. The molecule has 2 aromatic carbocycles. The summed E-state index contributed by atoms with van der Waals surface area (Å²) in [5, 5.41) is 10.5. The van der Waals surface area contributed by atoms with Crippen LogP contribution in [0.3, 0.4) is 0 Å². The highest BCUT2D eigenvalue weighted by molar-refractivity contribution is 7.89. The molecule has 0 radical (unpaired) electrons. The van der Waals surface area contributed by atoms with E-state index in [1.54, 1.807) is 29.6 Å². The highest BCUT2D eigenvalue weighted by Crippen LogP contribution is 2.18. The van der Waals surface area contributed by atoms with E-state index in [1.807, 2.05) is 6.07 Å². The SMILES string of the molecule is CN(Cc1ccc(C#N)cc1)S(=O)(=O)c1ccc(C(=O)NCC(F)(F)F)cc1. The summed E-state index contributed by atoms with van der Waals surface area (Å²) in [6.45, 7) is -1.42. The number of carbonyl (C=O) groups is 1. The highest BCUT2D eigenvalue weighted by Gasteiger charge is 2.28. The first-order chi connectivity index (χ1) is 13.0. The Morgan fingerprint density at radius 2 is 1.68 bits per heavy atom. The largest absolute Gasteiger partial charge is 0.405 e. The second kappa shape index (κ2) is 8.41. The first-order valence-corrected chi connectivity index (χ1v) is 9.37. The Morgan fingerprint density at radius 1 is 1.11 bits per heavy atom. The number of sulfonamides is 1. The molecule has 28 heavy (non-hydrogen) atoms. The van der Waals surface area contributed by atoms with E-state index < -0.39 is 28.7 Å². The minimum atomic E-state index is -4.53. The first-order valence-electron chi connectivity index (χ1n) is 7.93. The van der Waals surface area contributed by atoms with Crippen LogP contribution in [0.2, 0.25) is 0 Å². The van der Waals surface area contributed by atoms with Gasteiger partial charge in [-0.2, -0.15) is 22.7 Å². The molecular formula is C18H16F3N3O3S. The second-order valence-corrected chi connectivity index (χ2v) is 7.94. The number of nitrogens with one attached hydrogen (secondary N) is 1. The van der Waals surface area contributed by atoms with Gasteiger partial charge in [-0.05, 0) is 42.0 Å². The number of halogens is 3. The fourth-order valence-electron chi connectivity index (χ4n) is 2.27. The quantitative estimate of drug-likeness (QED) is 0.791. The van der Waals surface area contributed by atoms with Crippen LogP contribution in [0.4, 0.5) is 13.2 Å². The summed E-state index contributed by atoms with van der Waals surface area (Å²) < 4.78 is 62.8. The Hall–Kier alpha value is -2.90. The van der Waals surface area contributed by atoms with Gasteiger partial charge in [-0.15, -0.1) is 0 Å². The van der Waals surface area contributed by atoms with Crippen molar-refractivity contribution in [3.63, 3.8) is 0 Å². The van der Waals surface area contributed by atoms with Gasteiger partial charge in [0.25, 0.3) is 5.91 Å². The molecule has 1 amide bonds. The van der Waals surface area contributed by atoms with Crippen LogP contribution in [0, 0.1) is 11.3 Å². The zero-order chi connectivity index (χ0) is 20.9. The number of hydrogen-bond acceptors (Lipinski definition) is 4. The highest BCUT2D eigenvalue weighted by atomic mass is 32.2. The summed E-state index contributed by atoms with van der Waals surface area (Å²) in [5.74, 6) is -0.952. The van der Waals surface area contributed by atoms with Crippen molar-refractivity contribution in [1.82, 2.24) is 9.62 Å². The van der Waals surface area contributed by atoms with Gasteiger partial charge in [-0.3, -0.25) is 4.79 Å². The van der Waals surface area contributed by atoms with E-state index in [0.717, 1.165) is 28.6 Å². The van der Waals surface area contributed by atoms with Crippen molar-refractivity contribution in [3.8, 4) is 6.07 Å². The predicted molar refractivity (Wildman–Crippen MR) is 94.6 cm³/mol. The van der Waals surface area contributed by atoms with Crippen LogP contribution in [-0.2, 0) is 16.6 Å². The van der Waals surface area contributed by atoms with Gasteiger partial charge >= 0.3 is 6.18 Å². The number of carbonyl (C=O) groups excluding carboxylic acids is 1. The van der Waals surface area contributed by atoms with E-state index in [0.29, 0.717) is 11.1 Å². The molecule has 148 valence electrons. The van der Waals surface area contributed by atoms with Gasteiger partial charge in [-0.1, -0.05) is 12.1 Å². The zero-order valence-electron chi connectivity index (χ0n) is 14.7. The van der Waals surface area contributed by atoms with E-state index in [-0.39, 0.29) is 17.0 Å². The molecule has 0 heterocycles. The summed E-state index contributed by atoms with van der Waals surface area (Å²) in [6.07, 6.45) is -4.53. The Kier molecular flexibility index (Phi) is 6.43. The van der Waals surface area contributed by atoms with Gasteiger partial charge in [-0.25, -0.2) is 8.42 Å². The lowest BCUT2D eigenvalue weighted by molar-refractivity contribution is -0.123. The van der Waals surface area contributed by atoms with Crippen molar-refractivity contribution in [1.29, 1.82) is 5.26 Å². The number of hydrogen-bond donors (Lipinski definition) is 1. The van der Waals surface area contributed by atoms with Crippen LogP contribution in [0.5, 0.6) is 0 Å². The third-order valence-electron chi connectivity index (χ3n) is 3.76. The minimum absolute atomic E-state index is 0.0574. The van der Waals surface area contributed by atoms with Crippen LogP contribution in [0.15, 0.2) is 53.4 Å². The second-order valence-electron chi connectivity index (χ2n) is 5.89. The Labute approximate surface area is 160 Å². The van der Waals surface area contributed by atoms with Gasteiger partial charge in [0.15, 0.2) is 0 Å². The standard InChI is InChI=1S/C18H16F3N3O3S/c1-24(11-14-4-2-13(10-22)3-5-14)28(26,27)16-8-6-15(7-9-16)17(25)23-12-18(19,20)21/h2-9H,11-12H2,1H3,(H,23,25). The average Bonchev–Trinajstić information content (AvgIpc) is 2.66. The monoisotopic (exact) mass is 411 g/mol. The maximum atomic E-state index is 12.6. The average molecular weight is 411 g/mol. The molecule has 2 aromatic rings. The van der Waals surface area contributed by atoms with E-state index in [2.05, 4.69) is 0 Å². The molecule has 2 rings (SSSR count). The van der Waals surface area contributed by atoms with Crippen LogP contribution >= 0.6 is 0 Å². The molecule has 1 N–H and O–H groups in total. The maximum absolute atomic E-state index is 12.6. The molecule has 0 aliphatic rings. The van der Waals surface area contributed by atoms with Crippen molar-refractivity contribution in [2.75, 3.05) is 13.6 Å². The lowest BCUT2D eigenvalue weighted by Gasteiger charge is -2.17. The third kappa shape index (κ3) is 5.55. The van der Waals surface area contributed by atoms with Gasteiger partial charge in [0.1, 0.15) is 6.54 Å². The van der Waals surface area contributed by atoms with E-state index in [9.17, 15) is 26.4 Å². The lowest BCUT2D eigenvalue weighted by Crippen LogP contribution is -2.33. The van der Waals surface area contributed by atoms with Crippen LogP contribution in [0.25, 0.3) is 0 Å². The summed E-state index contributed by atoms with van der Waals surface area (Å²) in [6, 6.07) is 13.0. The van der Waals surface area contributed by atoms with Crippen LogP contribution < -0.4 is 5.32 Å². The smallest absolute Gasteiger partial charge is 0.343 e. The normalized spacial score (nSPS) is 11.9. The molecule has 0 saturated heterocycles. The van der Waals surface area contributed by atoms with Gasteiger partial charge in [0, 0.05) is 19.2 Å². The molecule has 0 aromatic heterocycles. The van der Waals surface area contributed by atoms with Gasteiger partial charge < -0.3 is 5.32 Å². The molecule has 0 spiro atoms. The molecule has 0 aliphatic carbocycles. The summed E-state index contributed by atoms with van der Waals surface area (Å²) in [7, 11) is -2.50. The number of rotatable bonds is 6. The topological polar surface area (TPSA) is 90.3 Å². The lowest BCUT2D eigenvalue weighted by atomic mass is 10.1. The summed E-state index contributed by atoms with van der Waals surface area (Å²) >= 11 is 0. The van der Waals surface area contributed by atoms with Crippen LogP contribution in [-0.4, -0.2) is 38.4 Å². The van der Waals surface area contributed by atoms with Crippen molar-refractivity contribution < 1.29 is 26.4 Å². The fraction of sp³-hybridized carbons (Fsp3) is 0.222. The van der Waals surface area contributed by atoms with Crippen molar-refractivity contribution in [2.45, 2.75) is 17.6 Å². The number of amides is 1. The van der Waals surface area contributed by atoms with Crippen molar-refractivity contribution in [2.24, 2.45) is 0 Å². The Balaban J connectivity index is 2.10. The van der Waals surface area contributed by atoms with Gasteiger partial charge in [0.2, 0.25) is 10.0 Å². The molecule has 6 nitrogen and oxygen atoms in total. The number of alkyl halides is 3. The number of nitrogens with zero attached hydrogens (tertiary/aromatic N) is 2. The molecular weight excluding hydrogens is 395 g/mol. The van der Waals surface area contributed by atoms with Crippen LogP contribution in [0.1, 0.15) is 21.5 Å². The van der Waals surface area contributed by atoms with E-state index in [1.165, 1.54) is 7.05 Å². The summed E-state index contributed by atoms with van der Waals surface area (Å²) in [4.78, 5) is 11.6. The van der Waals surface area contributed by atoms with Crippen molar-refractivity contribution >= 4 is 15.9 Å². The Bertz CT molecular complexity index is 980. The molecule has 10 heteroatoms. The van der Waals surface area contributed by atoms with Crippen molar-refractivity contribution in [3.05, 3.63) is 65.2 Å². The Morgan fingerprint density at radius 3 is 2.18 bits per heavy atom. The molecule has 0 saturated carbocycles. The predicted octanol–water partition coefficient (Wildman–Crippen LogP) is 2.67. The molecule has 0 fully saturated rings. The molecule has 0 unspecified atom stereocenters.